The average molecular weight is 289 g/mol. The van der Waals surface area contributed by atoms with Gasteiger partial charge in [0.15, 0.2) is 0 Å². The van der Waals surface area contributed by atoms with Crippen molar-refractivity contribution in [1.29, 1.82) is 0 Å². The third kappa shape index (κ3) is 3.19. The van der Waals surface area contributed by atoms with Gasteiger partial charge in [0.1, 0.15) is 11.4 Å². The number of hydrogen-bond donors (Lipinski definition) is 2. The van der Waals surface area contributed by atoms with E-state index in [1.165, 1.54) is 12.1 Å². The third-order valence-electron chi connectivity index (χ3n) is 2.97. The van der Waals surface area contributed by atoms with Gasteiger partial charge >= 0.3 is 0 Å². The summed E-state index contributed by atoms with van der Waals surface area (Å²) < 4.78 is 1.78. The number of hydrogen-bond acceptors (Lipinski definition) is 4. The summed E-state index contributed by atoms with van der Waals surface area (Å²) in [6.07, 6.45) is 2.66. The minimum absolute atomic E-state index is 0.0125. The molecule has 0 atom stereocenters. The standard InChI is InChI=1S/C14H15N3O4/c1-2-7-16-8-3-4-12(16)14(19)15-11-9-10(17(20)21)5-6-13(11)18/h3-6,8-9,18H,2,7H2,1H3,(H,15,19). The molecular formula is C14H15N3O4. The van der Waals surface area contributed by atoms with Crippen LogP contribution in [0.15, 0.2) is 36.5 Å². The van der Waals surface area contributed by atoms with Crippen LogP contribution in [-0.4, -0.2) is 20.5 Å². The Labute approximate surface area is 121 Å². The number of phenols is 1. The van der Waals surface area contributed by atoms with Crippen molar-refractivity contribution >= 4 is 17.3 Å². The molecule has 0 radical (unpaired) electrons. The van der Waals surface area contributed by atoms with Gasteiger partial charge in [-0.2, -0.15) is 0 Å². The zero-order valence-electron chi connectivity index (χ0n) is 11.4. The van der Waals surface area contributed by atoms with Crippen molar-refractivity contribution < 1.29 is 14.8 Å². The number of nitrogens with zero attached hydrogens (tertiary/aromatic N) is 2. The fourth-order valence-electron chi connectivity index (χ4n) is 1.98. The van der Waals surface area contributed by atoms with Crippen molar-refractivity contribution in [2.75, 3.05) is 5.32 Å². The number of carbonyl (C=O) groups is 1. The summed E-state index contributed by atoms with van der Waals surface area (Å²) in [4.78, 5) is 22.3. The molecule has 0 fully saturated rings. The Hall–Kier alpha value is -2.83. The maximum Gasteiger partial charge on any atom is 0.272 e. The summed E-state index contributed by atoms with van der Waals surface area (Å²) in [5.41, 5.74) is 0.244. The van der Waals surface area contributed by atoms with Crippen LogP contribution < -0.4 is 5.32 Å². The molecule has 2 N–H and O–H groups in total. The zero-order valence-corrected chi connectivity index (χ0v) is 11.4. The number of aromatic nitrogens is 1. The number of nitrogens with one attached hydrogen (secondary N) is 1. The molecule has 2 aromatic rings. The molecule has 0 saturated carbocycles. The lowest BCUT2D eigenvalue weighted by Gasteiger charge is -2.10. The van der Waals surface area contributed by atoms with Crippen molar-refractivity contribution in [3.8, 4) is 5.75 Å². The van der Waals surface area contributed by atoms with Crippen LogP contribution in [0.2, 0.25) is 0 Å². The van der Waals surface area contributed by atoms with E-state index in [-0.39, 0.29) is 17.1 Å². The largest absolute Gasteiger partial charge is 0.506 e. The predicted octanol–water partition coefficient (Wildman–Crippen LogP) is 2.76. The molecular weight excluding hydrogens is 274 g/mol. The topological polar surface area (TPSA) is 97.4 Å². The van der Waals surface area contributed by atoms with E-state index >= 15 is 0 Å². The van der Waals surface area contributed by atoms with Gasteiger partial charge in [0, 0.05) is 24.9 Å². The second kappa shape index (κ2) is 6.08. The minimum Gasteiger partial charge on any atom is -0.506 e. The lowest BCUT2D eigenvalue weighted by molar-refractivity contribution is -0.384. The van der Waals surface area contributed by atoms with E-state index in [9.17, 15) is 20.0 Å². The fourth-order valence-corrected chi connectivity index (χ4v) is 1.98. The van der Waals surface area contributed by atoms with Crippen LogP contribution in [0.1, 0.15) is 23.8 Å². The summed E-state index contributed by atoms with van der Waals surface area (Å²) in [7, 11) is 0. The molecule has 110 valence electrons. The Kier molecular flexibility index (Phi) is 4.22. The van der Waals surface area contributed by atoms with Crippen molar-refractivity contribution in [2.45, 2.75) is 19.9 Å². The molecule has 0 saturated heterocycles. The Morgan fingerprint density at radius 1 is 1.43 bits per heavy atom. The Bertz CT molecular complexity index is 679. The molecule has 21 heavy (non-hydrogen) atoms. The van der Waals surface area contributed by atoms with Gasteiger partial charge in [-0.25, -0.2) is 0 Å². The summed E-state index contributed by atoms with van der Waals surface area (Å²) in [5, 5.41) is 22.9. The Morgan fingerprint density at radius 2 is 2.19 bits per heavy atom. The van der Waals surface area contributed by atoms with Gasteiger partial charge in [0.2, 0.25) is 0 Å². The lowest BCUT2D eigenvalue weighted by atomic mass is 10.2. The number of benzene rings is 1. The van der Waals surface area contributed by atoms with Crippen LogP contribution in [0.3, 0.4) is 0 Å². The van der Waals surface area contributed by atoms with Crippen molar-refractivity contribution in [3.63, 3.8) is 0 Å². The Balaban J connectivity index is 2.25. The number of carbonyl (C=O) groups excluding carboxylic acids is 1. The lowest BCUT2D eigenvalue weighted by Crippen LogP contribution is -2.17. The molecule has 1 heterocycles. The maximum absolute atomic E-state index is 12.2. The smallest absolute Gasteiger partial charge is 0.272 e. The van der Waals surface area contributed by atoms with Gasteiger partial charge in [0.05, 0.1) is 10.6 Å². The number of aryl methyl sites for hydroxylation is 1. The predicted molar refractivity (Wildman–Crippen MR) is 77.4 cm³/mol. The summed E-state index contributed by atoms with van der Waals surface area (Å²) in [6, 6.07) is 6.88. The quantitative estimate of drug-likeness (QED) is 0.502. The van der Waals surface area contributed by atoms with Crippen LogP contribution in [0.5, 0.6) is 5.75 Å². The number of nitro groups is 1. The third-order valence-corrected chi connectivity index (χ3v) is 2.97. The first-order valence-corrected chi connectivity index (χ1v) is 6.47. The number of nitro benzene ring substituents is 1. The van der Waals surface area contributed by atoms with E-state index in [1.54, 1.807) is 22.9 Å². The molecule has 7 heteroatoms. The number of anilines is 1. The number of aromatic hydroxyl groups is 1. The number of phenolic OH excluding ortho intramolecular Hbond substituents is 1. The molecule has 0 aliphatic heterocycles. The molecule has 0 unspecified atom stereocenters. The molecule has 0 aliphatic carbocycles. The Morgan fingerprint density at radius 3 is 2.86 bits per heavy atom. The molecule has 0 spiro atoms. The van der Waals surface area contributed by atoms with E-state index in [0.29, 0.717) is 12.2 Å². The monoisotopic (exact) mass is 289 g/mol. The van der Waals surface area contributed by atoms with Crippen LogP contribution in [0, 0.1) is 10.1 Å². The van der Waals surface area contributed by atoms with Gasteiger partial charge in [-0.15, -0.1) is 0 Å². The summed E-state index contributed by atoms with van der Waals surface area (Å²) in [6.45, 7) is 2.69. The van der Waals surface area contributed by atoms with E-state index in [4.69, 9.17) is 0 Å². The molecule has 1 aromatic carbocycles. The van der Waals surface area contributed by atoms with Gasteiger partial charge in [-0.1, -0.05) is 6.92 Å². The van der Waals surface area contributed by atoms with Gasteiger partial charge in [-0.05, 0) is 24.6 Å². The van der Waals surface area contributed by atoms with Crippen LogP contribution >= 0.6 is 0 Å². The average Bonchev–Trinajstić information content (AvgIpc) is 2.89. The van der Waals surface area contributed by atoms with E-state index in [1.807, 2.05) is 6.92 Å². The molecule has 1 amide bonds. The highest BCUT2D eigenvalue weighted by Crippen LogP contribution is 2.28. The first-order valence-electron chi connectivity index (χ1n) is 6.47. The fraction of sp³-hybridized carbons (Fsp3) is 0.214. The SMILES string of the molecule is CCCn1cccc1C(=O)Nc1cc([N+](=O)[O-])ccc1O. The van der Waals surface area contributed by atoms with Crippen molar-refractivity contribution in [3.05, 3.63) is 52.3 Å². The summed E-state index contributed by atoms with van der Waals surface area (Å²) >= 11 is 0. The maximum atomic E-state index is 12.2. The first-order chi connectivity index (χ1) is 10.0. The molecule has 0 bridgehead atoms. The highest BCUT2D eigenvalue weighted by Gasteiger charge is 2.15. The van der Waals surface area contributed by atoms with Crippen molar-refractivity contribution in [2.24, 2.45) is 0 Å². The first kappa shape index (κ1) is 14.6. The van der Waals surface area contributed by atoms with Crippen LogP contribution in [-0.2, 0) is 6.54 Å². The van der Waals surface area contributed by atoms with Gasteiger partial charge in [0.25, 0.3) is 11.6 Å². The van der Waals surface area contributed by atoms with E-state index in [0.717, 1.165) is 12.5 Å². The zero-order chi connectivity index (χ0) is 15.4. The highest BCUT2D eigenvalue weighted by atomic mass is 16.6. The van der Waals surface area contributed by atoms with Gasteiger partial charge in [-0.3, -0.25) is 14.9 Å². The highest BCUT2D eigenvalue weighted by molar-refractivity contribution is 6.04. The normalized spacial score (nSPS) is 10.3. The second-order valence-electron chi connectivity index (χ2n) is 4.50. The van der Waals surface area contributed by atoms with Crippen LogP contribution in [0.4, 0.5) is 11.4 Å². The van der Waals surface area contributed by atoms with Crippen molar-refractivity contribution in [1.82, 2.24) is 4.57 Å². The van der Waals surface area contributed by atoms with E-state index in [2.05, 4.69) is 5.32 Å². The molecule has 7 nitrogen and oxygen atoms in total. The number of amides is 1. The van der Waals surface area contributed by atoms with Gasteiger partial charge < -0.3 is 15.0 Å². The van der Waals surface area contributed by atoms with Crippen LogP contribution in [0.25, 0.3) is 0 Å². The molecule has 0 aliphatic rings. The second-order valence-corrected chi connectivity index (χ2v) is 4.50. The number of rotatable bonds is 5. The number of non-ortho nitro benzene ring substituents is 1. The minimum atomic E-state index is -0.588. The molecule has 2 rings (SSSR count). The molecule has 1 aromatic heterocycles. The summed E-state index contributed by atoms with van der Waals surface area (Å²) in [5.74, 6) is -0.646. The van der Waals surface area contributed by atoms with E-state index < -0.39 is 10.8 Å².